The average Bonchev–Trinajstić information content (AvgIpc) is 2.47. The Morgan fingerprint density at radius 2 is 2.00 bits per heavy atom. The molecule has 1 amide bonds. The smallest absolute Gasteiger partial charge is 0.277 e. The highest BCUT2D eigenvalue weighted by Crippen LogP contribution is 2.28. The SMILES string of the molecule is CN1O[C@@H](c2ccccc2)[C@H](O)C1=O. The van der Waals surface area contributed by atoms with Crippen LogP contribution in [0.25, 0.3) is 0 Å². The summed E-state index contributed by atoms with van der Waals surface area (Å²) in [7, 11) is 1.49. The Balaban J connectivity index is 2.26. The lowest BCUT2D eigenvalue weighted by Crippen LogP contribution is -2.25. The van der Waals surface area contributed by atoms with Gasteiger partial charge < -0.3 is 5.11 Å². The zero-order chi connectivity index (χ0) is 10.1. The summed E-state index contributed by atoms with van der Waals surface area (Å²) in [4.78, 5) is 16.4. The van der Waals surface area contributed by atoms with Gasteiger partial charge in [-0.3, -0.25) is 9.63 Å². The fraction of sp³-hybridized carbons (Fsp3) is 0.300. The van der Waals surface area contributed by atoms with Gasteiger partial charge in [-0.05, 0) is 5.56 Å². The maximum absolute atomic E-state index is 11.2. The van der Waals surface area contributed by atoms with Crippen molar-refractivity contribution in [1.82, 2.24) is 5.06 Å². The van der Waals surface area contributed by atoms with Crippen LogP contribution in [0.4, 0.5) is 0 Å². The van der Waals surface area contributed by atoms with Crippen LogP contribution >= 0.6 is 0 Å². The number of benzene rings is 1. The minimum absolute atomic E-state index is 0.404. The van der Waals surface area contributed by atoms with E-state index in [0.29, 0.717) is 0 Å². The molecule has 1 aliphatic rings. The Hall–Kier alpha value is -1.39. The van der Waals surface area contributed by atoms with Gasteiger partial charge in [0.2, 0.25) is 0 Å². The summed E-state index contributed by atoms with van der Waals surface area (Å²) in [5.41, 5.74) is 0.803. The second-order valence-corrected chi connectivity index (χ2v) is 3.22. The van der Waals surface area contributed by atoms with Crippen molar-refractivity contribution in [2.45, 2.75) is 12.2 Å². The molecule has 0 radical (unpaired) electrons. The minimum Gasteiger partial charge on any atom is -0.380 e. The summed E-state index contributed by atoms with van der Waals surface area (Å²) in [5.74, 6) is -0.404. The van der Waals surface area contributed by atoms with E-state index in [9.17, 15) is 9.90 Å². The van der Waals surface area contributed by atoms with Gasteiger partial charge in [0.05, 0.1) is 0 Å². The average molecular weight is 193 g/mol. The van der Waals surface area contributed by atoms with Crippen molar-refractivity contribution in [3.05, 3.63) is 35.9 Å². The molecule has 2 atom stereocenters. The summed E-state index contributed by atoms with van der Waals surface area (Å²) in [6.07, 6.45) is -1.67. The molecule has 0 aliphatic carbocycles. The first kappa shape index (κ1) is 9.18. The summed E-state index contributed by atoms with van der Waals surface area (Å²) < 4.78 is 0. The van der Waals surface area contributed by atoms with Gasteiger partial charge in [-0.2, -0.15) is 0 Å². The number of hydroxylamine groups is 2. The van der Waals surface area contributed by atoms with Gasteiger partial charge in [-0.1, -0.05) is 30.3 Å². The molecular weight excluding hydrogens is 182 g/mol. The molecule has 14 heavy (non-hydrogen) atoms. The lowest BCUT2D eigenvalue weighted by Gasteiger charge is -2.11. The van der Waals surface area contributed by atoms with E-state index in [4.69, 9.17) is 4.84 Å². The lowest BCUT2D eigenvalue weighted by molar-refractivity contribution is -0.164. The Bertz CT molecular complexity index is 338. The number of hydrogen-bond acceptors (Lipinski definition) is 3. The number of nitrogens with zero attached hydrogens (tertiary/aromatic N) is 1. The van der Waals surface area contributed by atoms with E-state index < -0.39 is 18.1 Å². The Kier molecular flexibility index (Phi) is 2.23. The monoisotopic (exact) mass is 193 g/mol. The topological polar surface area (TPSA) is 49.8 Å². The number of rotatable bonds is 1. The highest BCUT2D eigenvalue weighted by molar-refractivity contribution is 5.81. The molecule has 4 nitrogen and oxygen atoms in total. The molecule has 1 aromatic carbocycles. The van der Waals surface area contributed by atoms with Crippen LogP contribution in [0, 0.1) is 0 Å². The fourth-order valence-corrected chi connectivity index (χ4v) is 1.48. The standard InChI is InChI=1S/C10H11NO3/c1-11-10(13)8(12)9(14-11)7-5-3-2-4-6-7/h2-6,8-9,12H,1H3/t8-,9-/m0/s1. The van der Waals surface area contributed by atoms with E-state index in [0.717, 1.165) is 10.6 Å². The molecule has 1 heterocycles. The van der Waals surface area contributed by atoms with Gasteiger partial charge in [-0.25, -0.2) is 5.06 Å². The summed E-state index contributed by atoms with van der Waals surface area (Å²) in [6, 6.07) is 9.19. The quantitative estimate of drug-likeness (QED) is 0.706. The van der Waals surface area contributed by atoms with E-state index in [1.54, 1.807) is 0 Å². The molecule has 74 valence electrons. The second kappa shape index (κ2) is 3.40. The Morgan fingerprint density at radius 3 is 2.50 bits per heavy atom. The van der Waals surface area contributed by atoms with Crippen molar-refractivity contribution < 1.29 is 14.7 Å². The molecule has 1 fully saturated rings. The van der Waals surface area contributed by atoms with Crippen molar-refractivity contribution in [2.24, 2.45) is 0 Å². The van der Waals surface area contributed by atoms with Crippen molar-refractivity contribution in [3.63, 3.8) is 0 Å². The molecule has 1 aromatic rings. The third kappa shape index (κ3) is 1.38. The molecule has 1 aliphatic heterocycles. The van der Waals surface area contributed by atoms with Gasteiger partial charge in [-0.15, -0.1) is 0 Å². The van der Waals surface area contributed by atoms with Crippen molar-refractivity contribution in [3.8, 4) is 0 Å². The second-order valence-electron chi connectivity index (χ2n) is 3.22. The van der Waals surface area contributed by atoms with Crippen LogP contribution in [0.5, 0.6) is 0 Å². The molecule has 2 rings (SSSR count). The first-order chi connectivity index (χ1) is 6.70. The van der Waals surface area contributed by atoms with Crippen LogP contribution in [0.15, 0.2) is 30.3 Å². The van der Waals surface area contributed by atoms with Gasteiger partial charge >= 0.3 is 0 Å². The van der Waals surface area contributed by atoms with Crippen molar-refractivity contribution >= 4 is 5.91 Å². The summed E-state index contributed by atoms with van der Waals surface area (Å²) in [5, 5.41) is 10.6. The third-order valence-corrected chi connectivity index (χ3v) is 2.25. The fourth-order valence-electron chi connectivity index (χ4n) is 1.48. The number of carbonyl (C=O) groups excluding carboxylic acids is 1. The normalized spacial score (nSPS) is 27.0. The largest absolute Gasteiger partial charge is 0.380 e. The van der Waals surface area contributed by atoms with Crippen LogP contribution in [0.1, 0.15) is 11.7 Å². The molecular formula is C10H11NO3. The number of carbonyl (C=O) groups is 1. The van der Waals surface area contributed by atoms with Crippen LogP contribution < -0.4 is 0 Å². The highest BCUT2D eigenvalue weighted by atomic mass is 16.7. The van der Waals surface area contributed by atoms with Gasteiger partial charge in [0.15, 0.2) is 6.10 Å². The van der Waals surface area contributed by atoms with Crippen LogP contribution in [0.3, 0.4) is 0 Å². The predicted molar refractivity (Wildman–Crippen MR) is 49.0 cm³/mol. The van der Waals surface area contributed by atoms with Crippen LogP contribution in [-0.4, -0.2) is 29.2 Å². The van der Waals surface area contributed by atoms with E-state index in [2.05, 4.69) is 0 Å². The first-order valence-corrected chi connectivity index (χ1v) is 4.37. The highest BCUT2D eigenvalue weighted by Gasteiger charge is 2.39. The van der Waals surface area contributed by atoms with Crippen molar-refractivity contribution in [2.75, 3.05) is 7.05 Å². The molecule has 4 heteroatoms. The number of amides is 1. The van der Waals surface area contributed by atoms with Crippen molar-refractivity contribution in [1.29, 1.82) is 0 Å². The molecule has 0 saturated carbocycles. The van der Waals surface area contributed by atoms with Gasteiger partial charge in [0, 0.05) is 7.05 Å². The van der Waals surface area contributed by atoms with Gasteiger partial charge in [0.25, 0.3) is 5.91 Å². The molecule has 0 bridgehead atoms. The van der Waals surface area contributed by atoms with E-state index in [-0.39, 0.29) is 0 Å². The van der Waals surface area contributed by atoms with Crippen LogP contribution in [-0.2, 0) is 9.63 Å². The van der Waals surface area contributed by atoms with E-state index >= 15 is 0 Å². The zero-order valence-corrected chi connectivity index (χ0v) is 7.75. The summed E-state index contributed by atoms with van der Waals surface area (Å²) in [6.45, 7) is 0. The maximum Gasteiger partial charge on any atom is 0.277 e. The first-order valence-electron chi connectivity index (χ1n) is 4.37. The minimum atomic E-state index is -1.10. The molecule has 0 unspecified atom stereocenters. The van der Waals surface area contributed by atoms with E-state index in [1.165, 1.54) is 7.05 Å². The maximum atomic E-state index is 11.2. The Morgan fingerprint density at radius 1 is 1.36 bits per heavy atom. The molecule has 0 spiro atoms. The Labute approximate surface area is 81.7 Å². The molecule has 0 aromatic heterocycles. The third-order valence-electron chi connectivity index (χ3n) is 2.25. The summed E-state index contributed by atoms with van der Waals surface area (Å²) >= 11 is 0. The van der Waals surface area contributed by atoms with Gasteiger partial charge in [0.1, 0.15) is 6.10 Å². The number of likely N-dealkylation sites (N-methyl/N-ethyl adjacent to an activating group) is 1. The lowest BCUT2D eigenvalue weighted by atomic mass is 10.1. The molecule has 1 N–H and O–H groups in total. The predicted octanol–water partition coefficient (Wildman–Crippen LogP) is 0.492. The van der Waals surface area contributed by atoms with E-state index in [1.807, 2.05) is 30.3 Å². The number of aliphatic hydroxyl groups is 1. The van der Waals surface area contributed by atoms with Crippen LogP contribution in [0.2, 0.25) is 0 Å². The number of aliphatic hydroxyl groups excluding tert-OH is 1. The molecule has 1 saturated heterocycles. The zero-order valence-electron chi connectivity index (χ0n) is 7.75. The number of hydrogen-bond donors (Lipinski definition) is 1.